The first-order valence-corrected chi connectivity index (χ1v) is 6.03. The third-order valence-electron chi connectivity index (χ3n) is 2.50. The minimum atomic E-state index is -0.521. The number of phenols is 1. The zero-order valence-electron chi connectivity index (χ0n) is 10.1. The molecular formula is C13H17ClN2O. The largest absolute Gasteiger partial charge is 0.508 e. The van der Waals surface area contributed by atoms with Crippen LogP contribution in [0, 0.1) is 17.2 Å². The molecule has 0 aliphatic heterocycles. The van der Waals surface area contributed by atoms with Gasteiger partial charge in [0.2, 0.25) is 0 Å². The fraction of sp³-hybridized carbons (Fsp3) is 0.462. The van der Waals surface area contributed by atoms with Gasteiger partial charge in [0.05, 0.1) is 6.07 Å². The molecule has 0 aromatic heterocycles. The fourth-order valence-electron chi connectivity index (χ4n) is 1.50. The van der Waals surface area contributed by atoms with Gasteiger partial charge in [-0.15, -0.1) is 0 Å². The minimum Gasteiger partial charge on any atom is -0.508 e. The van der Waals surface area contributed by atoms with Gasteiger partial charge >= 0.3 is 0 Å². The third-order valence-corrected chi connectivity index (χ3v) is 2.73. The summed E-state index contributed by atoms with van der Waals surface area (Å²) in [5.74, 6) is 0.674. The topological polar surface area (TPSA) is 56.0 Å². The maximum Gasteiger partial charge on any atom is 0.124 e. The molecule has 1 unspecified atom stereocenters. The van der Waals surface area contributed by atoms with Crippen LogP contribution in [0.1, 0.15) is 31.9 Å². The molecule has 0 heterocycles. The lowest BCUT2D eigenvalue weighted by atomic mass is 10.1. The monoisotopic (exact) mass is 252 g/mol. The highest BCUT2D eigenvalue weighted by Gasteiger charge is 2.14. The van der Waals surface area contributed by atoms with E-state index in [1.54, 1.807) is 12.1 Å². The molecule has 0 fully saturated rings. The Morgan fingerprint density at radius 1 is 1.47 bits per heavy atom. The molecule has 3 nitrogen and oxygen atoms in total. The number of halogens is 1. The first kappa shape index (κ1) is 13.8. The molecule has 17 heavy (non-hydrogen) atoms. The van der Waals surface area contributed by atoms with E-state index in [1.807, 2.05) is 0 Å². The lowest BCUT2D eigenvalue weighted by molar-refractivity contribution is 0.455. The van der Waals surface area contributed by atoms with E-state index in [2.05, 4.69) is 25.2 Å². The average molecular weight is 253 g/mol. The number of rotatable bonds is 5. The lowest BCUT2D eigenvalue weighted by Gasteiger charge is -2.14. The lowest BCUT2D eigenvalue weighted by Crippen LogP contribution is -2.22. The molecule has 1 rings (SSSR count). The molecule has 1 aromatic rings. The Bertz CT molecular complexity index is 412. The van der Waals surface area contributed by atoms with Crippen molar-refractivity contribution in [1.29, 1.82) is 5.26 Å². The maximum atomic E-state index is 9.70. The van der Waals surface area contributed by atoms with Crippen LogP contribution < -0.4 is 5.32 Å². The van der Waals surface area contributed by atoms with Gasteiger partial charge in [-0.2, -0.15) is 5.26 Å². The predicted molar refractivity (Wildman–Crippen MR) is 68.9 cm³/mol. The van der Waals surface area contributed by atoms with E-state index in [0.717, 1.165) is 13.0 Å². The summed E-state index contributed by atoms with van der Waals surface area (Å²) < 4.78 is 0. The van der Waals surface area contributed by atoms with Crippen molar-refractivity contribution in [3.63, 3.8) is 0 Å². The second-order valence-corrected chi connectivity index (χ2v) is 4.84. The van der Waals surface area contributed by atoms with Gasteiger partial charge in [0, 0.05) is 10.6 Å². The molecular weight excluding hydrogens is 236 g/mol. The Hall–Kier alpha value is -1.24. The van der Waals surface area contributed by atoms with Gasteiger partial charge in [-0.3, -0.25) is 5.32 Å². The van der Waals surface area contributed by atoms with E-state index >= 15 is 0 Å². The Morgan fingerprint density at radius 3 is 2.76 bits per heavy atom. The standard InChI is InChI=1S/C13H17ClN2O/c1-9(2)5-6-16-12(8-15)11-7-10(14)3-4-13(11)17/h3-4,7,9,12,16-17H,5-6H2,1-2H3. The maximum absolute atomic E-state index is 9.70. The van der Waals surface area contributed by atoms with Crippen molar-refractivity contribution < 1.29 is 5.11 Å². The van der Waals surface area contributed by atoms with Crippen molar-refractivity contribution in [3.05, 3.63) is 28.8 Å². The summed E-state index contributed by atoms with van der Waals surface area (Å²) in [6, 6.07) is 6.33. The highest BCUT2D eigenvalue weighted by atomic mass is 35.5. The quantitative estimate of drug-likeness (QED) is 0.846. The third kappa shape index (κ3) is 4.26. The van der Waals surface area contributed by atoms with Crippen molar-refractivity contribution in [2.24, 2.45) is 5.92 Å². The second kappa shape index (κ2) is 6.48. The van der Waals surface area contributed by atoms with Crippen LogP contribution in [0.15, 0.2) is 18.2 Å². The van der Waals surface area contributed by atoms with Gasteiger partial charge in [-0.05, 0) is 37.1 Å². The molecule has 0 saturated heterocycles. The van der Waals surface area contributed by atoms with Crippen LogP contribution >= 0.6 is 11.6 Å². The zero-order valence-corrected chi connectivity index (χ0v) is 10.8. The molecule has 1 atom stereocenters. The van der Waals surface area contributed by atoms with Crippen LogP contribution in [-0.2, 0) is 0 Å². The summed E-state index contributed by atoms with van der Waals surface area (Å²) in [4.78, 5) is 0. The molecule has 0 aliphatic carbocycles. The summed E-state index contributed by atoms with van der Waals surface area (Å²) in [6.45, 7) is 4.99. The number of aromatic hydroxyl groups is 1. The van der Waals surface area contributed by atoms with Gasteiger partial charge in [0.25, 0.3) is 0 Å². The SMILES string of the molecule is CC(C)CCNC(C#N)c1cc(Cl)ccc1O. The normalized spacial score (nSPS) is 12.4. The van der Waals surface area contributed by atoms with Crippen LogP contribution in [0.2, 0.25) is 5.02 Å². The van der Waals surface area contributed by atoms with E-state index < -0.39 is 6.04 Å². The van der Waals surface area contributed by atoms with Crippen LogP contribution in [0.5, 0.6) is 5.75 Å². The highest BCUT2D eigenvalue weighted by molar-refractivity contribution is 6.30. The Morgan fingerprint density at radius 2 is 2.18 bits per heavy atom. The summed E-state index contributed by atoms with van der Waals surface area (Å²) in [7, 11) is 0. The summed E-state index contributed by atoms with van der Waals surface area (Å²) >= 11 is 5.85. The molecule has 4 heteroatoms. The number of phenolic OH excluding ortho intramolecular Hbond substituents is 1. The highest BCUT2D eigenvalue weighted by Crippen LogP contribution is 2.27. The fourth-order valence-corrected chi connectivity index (χ4v) is 1.68. The first-order valence-electron chi connectivity index (χ1n) is 5.66. The van der Waals surface area contributed by atoms with Crippen LogP contribution in [0.3, 0.4) is 0 Å². The Balaban J connectivity index is 2.73. The van der Waals surface area contributed by atoms with E-state index in [4.69, 9.17) is 16.9 Å². The number of nitrogens with one attached hydrogen (secondary N) is 1. The van der Waals surface area contributed by atoms with Gasteiger partial charge in [0.15, 0.2) is 0 Å². The molecule has 0 amide bonds. The molecule has 0 radical (unpaired) electrons. The number of benzene rings is 1. The van der Waals surface area contributed by atoms with Crippen LogP contribution in [0.25, 0.3) is 0 Å². The van der Waals surface area contributed by atoms with Crippen molar-refractivity contribution >= 4 is 11.6 Å². The number of nitrogens with zero attached hydrogens (tertiary/aromatic N) is 1. The second-order valence-electron chi connectivity index (χ2n) is 4.40. The zero-order chi connectivity index (χ0) is 12.8. The summed E-state index contributed by atoms with van der Waals surface area (Å²) in [5.41, 5.74) is 0.531. The molecule has 0 bridgehead atoms. The predicted octanol–water partition coefficient (Wildman–Crippen LogP) is 3.25. The van der Waals surface area contributed by atoms with Gasteiger partial charge < -0.3 is 5.11 Å². The van der Waals surface area contributed by atoms with Gasteiger partial charge in [0.1, 0.15) is 11.8 Å². The molecule has 1 aromatic carbocycles. The summed E-state index contributed by atoms with van der Waals surface area (Å²) in [6.07, 6.45) is 0.986. The molecule has 0 spiro atoms. The van der Waals surface area contributed by atoms with Crippen molar-refractivity contribution in [2.75, 3.05) is 6.54 Å². The molecule has 2 N–H and O–H groups in total. The summed E-state index contributed by atoms with van der Waals surface area (Å²) in [5, 5.41) is 22.4. The Labute approximate surface area is 107 Å². The number of hydrogen-bond donors (Lipinski definition) is 2. The molecule has 0 saturated carbocycles. The number of hydrogen-bond acceptors (Lipinski definition) is 3. The van der Waals surface area contributed by atoms with Crippen LogP contribution in [0.4, 0.5) is 0 Å². The molecule has 0 aliphatic rings. The van der Waals surface area contributed by atoms with E-state index in [-0.39, 0.29) is 5.75 Å². The minimum absolute atomic E-state index is 0.0954. The van der Waals surface area contributed by atoms with E-state index in [9.17, 15) is 5.11 Å². The van der Waals surface area contributed by atoms with E-state index in [0.29, 0.717) is 16.5 Å². The van der Waals surface area contributed by atoms with Crippen molar-refractivity contribution in [2.45, 2.75) is 26.3 Å². The smallest absolute Gasteiger partial charge is 0.124 e. The van der Waals surface area contributed by atoms with Crippen molar-refractivity contribution in [1.82, 2.24) is 5.32 Å². The van der Waals surface area contributed by atoms with Crippen molar-refractivity contribution in [3.8, 4) is 11.8 Å². The Kier molecular flexibility index (Phi) is 5.27. The molecule has 92 valence electrons. The van der Waals surface area contributed by atoms with Gasteiger partial charge in [-0.1, -0.05) is 25.4 Å². The van der Waals surface area contributed by atoms with Crippen LogP contribution in [-0.4, -0.2) is 11.7 Å². The van der Waals surface area contributed by atoms with Gasteiger partial charge in [-0.25, -0.2) is 0 Å². The first-order chi connectivity index (χ1) is 8.04. The number of nitriles is 1. The average Bonchev–Trinajstić information content (AvgIpc) is 2.28. The van der Waals surface area contributed by atoms with E-state index in [1.165, 1.54) is 6.07 Å².